The molecule has 0 saturated carbocycles. The molecule has 2 heterocycles. The van der Waals surface area contributed by atoms with Crippen molar-refractivity contribution in [2.24, 2.45) is 5.92 Å². The van der Waals surface area contributed by atoms with E-state index in [2.05, 4.69) is 16.4 Å². The molecule has 1 fully saturated rings. The standard InChI is InChI=1S/C13H14N2O2/c16-13(17)8-6-12(15-7-8)9-2-1-3-11-10(9)4-5-14-11/h1-5,8,12,14-15H,6-7H2,(H,16,17). The number of aliphatic carboxylic acids is 1. The van der Waals surface area contributed by atoms with Gasteiger partial charge in [0.1, 0.15) is 0 Å². The van der Waals surface area contributed by atoms with Crippen molar-refractivity contribution in [1.29, 1.82) is 0 Å². The Bertz CT molecular complexity index is 561. The highest BCUT2D eigenvalue weighted by atomic mass is 16.4. The molecule has 3 rings (SSSR count). The van der Waals surface area contributed by atoms with Gasteiger partial charge in [0.15, 0.2) is 0 Å². The van der Waals surface area contributed by atoms with Gasteiger partial charge >= 0.3 is 5.97 Å². The number of carboxylic acids is 1. The van der Waals surface area contributed by atoms with E-state index >= 15 is 0 Å². The first-order valence-electron chi connectivity index (χ1n) is 5.78. The number of carboxylic acid groups (broad SMARTS) is 1. The van der Waals surface area contributed by atoms with Gasteiger partial charge in [-0.25, -0.2) is 0 Å². The van der Waals surface area contributed by atoms with Crippen molar-refractivity contribution >= 4 is 16.9 Å². The van der Waals surface area contributed by atoms with Crippen LogP contribution < -0.4 is 5.32 Å². The Morgan fingerprint density at radius 3 is 3.00 bits per heavy atom. The summed E-state index contributed by atoms with van der Waals surface area (Å²) in [6.45, 7) is 0.556. The third-order valence-electron chi connectivity index (χ3n) is 3.48. The molecule has 2 unspecified atom stereocenters. The van der Waals surface area contributed by atoms with Gasteiger partial charge in [-0.15, -0.1) is 0 Å². The van der Waals surface area contributed by atoms with Crippen LogP contribution in [0.15, 0.2) is 30.5 Å². The molecule has 17 heavy (non-hydrogen) atoms. The van der Waals surface area contributed by atoms with Crippen molar-refractivity contribution in [1.82, 2.24) is 10.3 Å². The topological polar surface area (TPSA) is 65.1 Å². The fraction of sp³-hybridized carbons (Fsp3) is 0.308. The van der Waals surface area contributed by atoms with Crippen molar-refractivity contribution in [2.45, 2.75) is 12.5 Å². The lowest BCUT2D eigenvalue weighted by Crippen LogP contribution is -2.17. The zero-order chi connectivity index (χ0) is 11.8. The first-order chi connectivity index (χ1) is 8.25. The third kappa shape index (κ3) is 1.70. The van der Waals surface area contributed by atoms with Gasteiger partial charge in [-0.2, -0.15) is 0 Å². The first-order valence-corrected chi connectivity index (χ1v) is 5.78. The fourth-order valence-corrected chi connectivity index (χ4v) is 2.57. The Morgan fingerprint density at radius 2 is 2.24 bits per heavy atom. The summed E-state index contributed by atoms with van der Waals surface area (Å²) in [4.78, 5) is 14.1. The van der Waals surface area contributed by atoms with Crippen LogP contribution in [0.4, 0.5) is 0 Å². The maximum atomic E-state index is 10.9. The molecule has 0 aliphatic carbocycles. The van der Waals surface area contributed by atoms with Gasteiger partial charge in [-0.05, 0) is 24.1 Å². The van der Waals surface area contributed by atoms with Crippen LogP contribution in [0.1, 0.15) is 18.0 Å². The largest absolute Gasteiger partial charge is 0.481 e. The second-order valence-electron chi connectivity index (χ2n) is 4.52. The number of aromatic nitrogens is 1. The van der Waals surface area contributed by atoms with Crippen molar-refractivity contribution in [3.63, 3.8) is 0 Å². The number of hydrogen-bond acceptors (Lipinski definition) is 2. The molecule has 4 heteroatoms. The maximum absolute atomic E-state index is 10.9. The van der Waals surface area contributed by atoms with Crippen LogP contribution in [0, 0.1) is 5.92 Å². The molecular weight excluding hydrogens is 216 g/mol. The Balaban J connectivity index is 1.95. The van der Waals surface area contributed by atoms with Crippen LogP contribution in [-0.4, -0.2) is 22.6 Å². The predicted octanol–water partition coefficient (Wildman–Crippen LogP) is 1.90. The van der Waals surface area contributed by atoms with E-state index in [0.29, 0.717) is 13.0 Å². The Kier molecular flexibility index (Phi) is 2.37. The number of aromatic amines is 1. The van der Waals surface area contributed by atoms with Crippen molar-refractivity contribution in [2.75, 3.05) is 6.54 Å². The van der Waals surface area contributed by atoms with E-state index in [1.54, 1.807) is 0 Å². The normalized spacial score (nSPS) is 24.2. The van der Waals surface area contributed by atoms with Crippen LogP contribution in [-0.2, 0) is 4.79 Å². The Labute approximate surface area is 98.6 Å². The third-order valence-corrected chi connectivity index (χ3v) is 3.48. The van der Waals surface area contributed by atoms with E-state index in [-0.39, 0.29) is 12.0 Å². The maximum Gasteiger partial charge on any atom is 0.307 e. The molecule has 0 amide bonds. The van der Waals surface area contributed by atoms with Crippen LogP contribution in [0.5, 0.6) is 0 Å². The zero-order valence-electron chi connectivity index (χ0n) is 9.31. The minimum absolute atomic E-state index is 0.149. The summed E-state index contributed by atoms with van der Waals surface area (Å²) < 4.78 is 0. The van der Waals surface area contributed by atoms with Crippen LogP contribution in [0.2, 0.25) is 0 Å². The Hall–Kier alpha value is -1.81. The number of nitrogens with one attached hydrogen (secondary N) is 2. The molecule has 2 aromatic rings. The summed E-state index contributed by atoms with van der Waals surface area (Å²) in [6.07, 6.45) is 2.58. The predicted molar refractivity (Wildman–Crippen MR) is 64.8 cm³/mol. The van der Waals surface area contributed by atoms with Gasteiger partial charge in [0, 0.05) is 29.7 Å². The van der Waals surface area contributed by atoms with E-state index in [9.17, 15) is 4.79 Å². The molecule has 1 saturated heterocycles. The number of H-pyrrole nitrogens is 1. The fourth-order valence-electron chi connectivity index (χ4n) is 2.57. The van der Waals surface area contributed by atoms with Crippen LogP contribution in [0.25, 0.3) is 10.9 Å². The van der Waals surface area contributed by atoms with Crippen LogP contribution >= 0.6 is 0 Å². The van der Waals surface area contributed by atoms with E-state index in [1.807, 2.05) is 24.4 Å². The lowest BCUT2D eigenvalue weighted by Gasteiger charge is -2.11. The number of hydrogen-bond donors (Lipinski definition) is 3. The quantitative estimate of drug-likeness (QED) is 0.738. The van der Waals surface area contributed by atoms with E-state index in [4.69, 9.17) is 5.11 Å². The Morgan fingerprint density at radius 1 is 1.35 bits per heavy atom. The monoisotopic (exact) mass is 230 g/mol. The molecule has 3 N–H and O–H groups in total. The minimum atomic E-state index is -0.707. The van der Waals surface area contributed by atoms with E-state index in [0.717, 1.165) is 5.52 Å². The summed E-state index contributed by atoms with van der Waals surface area (Å²) in [5.74, 6) is -0.976. The average molecular weight is 230 g/mol. The molecule has 0 bridgehead atoms. The molecule has 1 aliphatic heterocycles. The molecule has 1 aromatic heterocycles. The van der Waals surface area contributed by atoms with Crippen molar-refractivity contribution in [3.8, 4) is 0 Å². The van der Waals surface area contributed by atoms with Crippen molar-refractivity contribution < 1.29 is 9.90 Å². The van der Waals surface area contributed by atoms with Gasteiger partial charge < -0.3 is 15.4 Å². The number of fused-ring (bicyclic) bond motifs is 1. The van der Waals surface area contributed by atoms with E-state index in [1.165, 1.54) is 10.9 Å². The van der Waals surface area contributed by atoms with Crippen LogP contribution in [0.3, 0.4) is 0 Å². The highest BCUT2D eigenvalue weighted by Gasteiger charge is 2.30. The van der Waals surface area contributed by atoms with Gasteiger partial charge in [-0.3, -0.25) is 4.79 Å². The first kappa shape index (κ1) is 10.4. The summed E-state index contributed by atoms with van der Waals surface area (Å²) in [5, 5.41) is 13.5. The smallest absolute Gasteiger partial charge is 0.307 e. The summed E-state index contributed by atoms with van der Waals surface area (Å²) >= 11 is 0. The molecule has 0 spiro atoms. The highest BCUT2D eigenvalue weighted by molar-refractivity contribution is 5.83. The lowest BCUT2D eigenvalue weighted by molar-refractivity contribution is -0.141. The minimum Gasteiger partial charge on any atom is -0.481 e. The highest BCUT2D eigenvalue weighted by Crippen LogP contribution is 2.31. The number of benzene rings is 1. The summed E-state index contributed by atoms with van der Waals surface area (Å²) in [6, 6.07) is 8.29. The molecule has 0 radical (unpaired) electrons. The number of carbonyl (C=O) groups is 1. The molecular formula is C13H14N2O2. The summed E-state index contributed by atoms with van der Waals surface area (Å²) in [5.41, 5.74) is 2.29. The van der Waals surface area contributed by atoms with Gasteiger partial charge in [-0.1, -0.05) is 12.1 Å². The van der Waals surface area contributed by atoms with Gasteiger partial charge in [0.25, 0.3) is 0 Å². The molecule has 88 valence electrons. The van der Waals surface area contributed by atoms with Gasteiger partial charge in [0.05, 0.1) is 5.92 Å². The summed E-state index contributed by atoms with van der Waals surface area (Å²) in [7, 11) is 0. The second kappa shape index (κ2) is 3.89. The molecule has 1 aliphatic rings. The SMILES string of the molecule is O=C(O)C1CNC(c2cccc3[nH]ccc23)C1. The lowest BCUT2D eigenvalue weighted by atomic mass is 9.97. The average Bonchev–Trinajstić information content (AvgIpc) is 2.97. The van der Waals surface area contributed by atoms with Gasteiger partial charge in [0.2, 0.25) is 0 Å². The molecule has 2 atom stereocenters. The van der Waals surface area contributed by atoms with E-state index < -0.39 is 5.97 Å². The number of rotatable bonds is 2. The second-order valence-corrected chi connectivity index (χ2v) is 4.52. The molecule has 1 aromatic carbocycles. The van der Waals surface area contributed by atoms with Crippen molar-refractivity contribution in [3.05, 3.63) is 36.0 Å². The molecule has 4 nitrogen and oxygen atoms in total. The zero-order valence-corrected chi connectivity index (χ0v) is 9.31.